The smallest absolute Gasteiger partial charge is 0.119 e. The second-order valence-electron chi connectivity index (χ2n) is 8.22. The van der Waals surface area contributed by atoms with Gasteiger partial charge in [-0.2, -0.15) is 0 Å². The van der Waals surface area contributed by atoms with Gasteiger partial charge in [0.25, 0.3) is 0 Å². The lowest BCUT2D eigenvalue weighted by Crippen LogP contribution is -1.99. The number of aryl methyl sites for hydroxylation is 1. The fraction of sp³-hybridized carbons (Fsp3) is 0.310. The van der Waals surface area contributed by atoms with Crippen molar-refractivity contribution >= 4 is 27.1 Å². The van der Waals surface area contributed by atoms with Gasteiger partial charge >= 0.3 is 0 Å². The van der Waals surface area contributed by atoms with Gasteiger partial charge in [-0.05, 0) is 96.2 Å². The predicted octanol–water partition coefficient (Wildman–Crippen LogP) is 7.93. The van der Waals surface area contributed by atoms with Crippen LogP contribution >= 0.6 is 15.9 Å². The lowest BCUT2D eigenvalue weighted by atomic mass is 9.88. The van der Waals surface area contributed by atoms with Gasteiger partial charge in [-0.3, -0.25) is 0 Å². The number of unbranched alkanes of at least 4 members (excludes halogenated alkanes) is 2. The molecule has 0 radical (unpaired) electrons. The maximum atomic E-state index is 5.98. The van der Waals surface area contributed by atoms with Gasteiger partial charge in [-0.25, -0.2) is 0 Å². The molecule has 3 aromatic rings. The Balaban J connectivity index is 1.70. The molecule has 0 atom stereocenters. The lowest BCUT2D eigenvalue weighted by Gasteiger charge is -2.17. The van der Waals surface area contributed by atoms with E-state index < -0.39 is 0 Å². The summed E-state index contributed by atoms with van der Waals surface area (Å²) < 4.78 is 11.5. The molecule has 2 nitrogen and oxygen atoms in total. The monoisotopic (exact) mass is 490 g/mol. The molecule has 0 bridgehead atoms. The highest BCUT2D eigenvalue weighted by atomic mass is 79.9. The molecule has 166 valence electrons. The molecule has 1 aliphatic carbocycles. The second kappa shape index (κ2) is 11.4. The Kier molecular flexibility index (Phi) is 8.06. The zero-order chi connectivity index (χ0) is 22.2. The number of alkyl halides is 1. The van der Waals surface area contributed by atoms with Crippen LogP contribution in [0.2, 0.25) is 0 Å². The maximum Gasteiger partial charge on any atom is 0.119 e. The summed E-state index contributed by atoms with van der Waals surface area (Å²) in [6.45, 7) is 0.771. The largest absolute Gasteiger partial charge is 0.497 e. The van der Waals surface area contributed by atoms with Crippen molar-refractivity contribution in [2.75, 3.05) is 19.0 Å². The SMILES string of the molecule is COc1ccc2c(c1)CCCC(c1ccccc1)=C2c1ccc(OCCCCCBr)cc1. The Morgan fingerprint density at radius 1 is 0.781 bits per heavy atom. The number of ether oxygens (including phenoxy) is 2. The molecular formula is C29H31BrO2. The van der Waals surface area contributed by atoms with Gasteiger partial charge in [-0.1, -0.05) is 64.5 Å². The van der Waals surface area contributed by atoms with Gasteiger partial charge in [0.05, 0.1) is 13.7 Å². The molecule has 4 rings (SSSR count). The van der Waals surface area contributed by atoms with Gasteiger partial charge in [0.15, 0.2) is 0 Å². The van der Waals surface area contributed by atoms with Crippen molar-refractivity contribution < 1.29 is 9.47 Å². The summed E-state index contributed by atoms with van der Waals surface area (Å²) >= 11 is 3.49. The maximum absolute atomic E-state index is 5.98. The normalized spacial score (nSPS) is 13.4. The fourth-order valence-corrected chi connectivity index (χ4v) is 4.83. The van der Waals surface area contributed by atoms with Crippen LogP contribution < -0.4 is 9.47 Å². The Morgan fingerprint density at radius 2 is 1.56 bits per heavy atom. The molecule has 0 saturated carbocycles. The first-order chi connectivity index (χ1) is 15.8. The van der Waals surface area contributed by atoms with E-state index >= 15 is 0 Å². The molecule has 32 heavy (non-hydrogen) atoms. The minimum atomic E-state index is 0.771. The van der Waals surface area contributed by atoms with Crippen LogP contribution in [0, 0.1) is 0 Å². The first kappa shape index (κ1) is 22.7. The molecule has 1 aliphatic rings. The summed E-state index contributed by atoms with van der Waals surface area (Å²) in [5, 5.41) is 1.06. The Labute approximate surface area is 200 Å². The predicted molar refractivity (Wildman–Crippen MR) is 138 cm³/mol. The number of hydrogen-bond acceptors (Lipinski definition) is 2. The molecule has 0 aromatic heterocycles. The highest BCUT2D eigenvalue weighted by molar-refractivity contribution is 9.09. The molecule has 0 unspecified atom stereocenters. The van der Waals surface area contributed by atoms with E-state index in [2.05, 4.69) is 88.7 Å². The zero-order valence-electron chi connectivity index (χ0n) is 18.8. The molecule has 3 heteroatoms. The third-order valence-corrected chi connectivity index (χ3v) is 6.63. The molecule has 0 fully saturated rings. The highest BCUT2D eigenvalue weighted by Gasteiger charge is 2.20. The standard InChI is InChI=1S/C29H31BrO2/c1-31-26-17-18-28-24(21-26)11-8-12-27(22-9-4-2-5-10-22)29(28)23-13-15-25(16-14-23)32-20-7-3-6-19-30/h2,4-5,9-10,13-18,21H,3,6-8,11-12,19-20H2,1H3. The van der Waals surface area contributed by atoms with Crippen molar-refractivity contribution in [2.24, 2.45) is 0 Å². The van der Waals surface area contributed by atoms with Crippen molar-refractivity contribution in [3.63, 3.8) is 0 Å². The van der Waals surface area contributed by atoms with Gasteiger partial charge in [0.2, 0.25) is 0 Å². The number of methoxy groups -OCH3 is 1. The number of allylic oxidation sites excluding steroid dienone is 1. The topological polar surface area (TPSA) is 18.5 Å². The number of hydrogen-bond donors (Lipinski definition) is 0. The van der Waals surface area contributed by atoms with Crippen molar-refractivity contribution in [1.29, 1.82) is 0 Å². The number of rotatable bonds is 9. The number of halogens is 1. The minimum Gasteiger partial charge on any atom is -0.497 e. The summed E-state index contributed by atoms with van der Waals surface area (Å²) in [6, 6.07) is 26.0. The van der Waals surface area contributed by atoms with Crippen LogP contribution in [0.25, 0.3) is 11.1 Å². The summed E-state index contributed by atoms with van der Waals surface area (Å²) in [5.41, 5.74) is 7.96. The molecule has 0 aliphatic heterocycles. The summed E-state index contributed by atoms with van der Waals surface area (Å²) in [5.74, 6) is 1.87. The molecule has 0 N–H and O–H groups in total. The van der Waals surface area contributed by atoms with Crippen molar-refractivity contribution in [3.05, 3.63) is 95.1 Å². The van der Waals surface area contributed by atoms with E-state index in [1.807, 2.05) is 0 Å². The summed E-state index contributed by atoms with van der Waals surface area (Å²) in [6.07, 6.45) is 6.72. The van der Waals surface area contributed by atoms with Crippen molar-refractivity contribution in [3.8, 4) is 11.5 Å². The number of fused-ring (bicyclic) bond motifs is 1. The van der Waals surface area contributed by atoms with E-state index in [1.165, 1.54) is 46.2 Å². The van der Waals surface area contributed by atoms with E-state index in [0.717, 1.165) is 49.1 Å². The second-order valence-corrected chi connectivity index (χ2v) is 9.01. The first-order valence-corrected chi connectivity index (χ1v) is 12.7. The van der Waals surface area contributed by atoms with Gasteiger partial charge < -0.3 is 9.47 Å². The van der Waals surface area contributed by atoms with Crippen molar-refractivity contribution in [2.45, 2.75) is 38.5 Å². The van der Waals surface area contributed by atoms with Gasteiger partial charge in [-0.15, -0.1) is 0 Å². The summed E-state index contributed by atoms with van der Waals surface area (Å²) in [4.78, 5) is 0. The van der Waals surface area contributed by atoms with E-state index in [-0.39, 0.29) is 0 Å². The summed E-state index contributed by atoms with van der Waals surface area (Å²) in [7, 11) is 1.74. The Morgan fingerprint density at radius 3 is 2.31 bits per heavy atom. The van der Waals surface area contributed by atoms with Crippen LogP contribution in [0.3, 0.4) is 0 Å². The van der Waals surface area contributed by atoms with E-state index in [1.54, 1.807) is 7.11 Å². The third kappa shape index (κ3) is 5.45. The molecule has 3 aromatic carbocycles. The van der Waals surface area contributed by atoms with E-state index in [4.69, 9.17) is 9.47 Å². The van der Waals surface area contributed by atoms with E-state index in [0.29, 0.717) is 0 Å². The molecule has 0 heterocycles. The average molecular weight is 491 g/mol. The fourth-order valence-electron chi connectivity index (χ4n) is 4.43. The molecule has 0 spiro atoms. The molecule has 0 amide bonds. The third-order valence-electron chi connectivity index (χ3n) is 6.07. The first-order valence-electron chi connectivity index (χ1n) is 11.5. The Bertz CT molecular complexity index is 1040. The van der Waals surface area contributed by atoms with Gasteiger partial charge in [0.1, 0.15) is 11.5 Å². The molecule has 0 saturated heterocycles. The average Bonchev–Trinajstić information content (AvgIpc) is 3.04. The lowest BCUT2D eigenvalue weighted by molar-refractivity contribution is 0.306. The minimum absolute atomic E-state index is 0.771. The van der Waals surface area contributed by atoms with Crippen LogP contribution in [-0.4, -0.2) is 19.0 Å². The molecular weight excluding hydrogens is 460 g/mol. The quantitative estimate of drug-likeness (QED) is 0.224. The van der Waals surface area contributed by atoms with Crippen LogP contribution in [0.5, 0.6) is 11.5 Å². The Hall–Kier alpha value is -2.52. The zero-order valence-corrected chi connectivity index (χ0v) is 20.4. The highest BCUT2D eigenvalue weighted by Crippen LogP contribution is 2.41. The van der Waals surface area contributed by atoms with Gasteiger partial charge in [0, 0.05) is 5.33 Å². The van der Waals surface area contributed by atoms with Crippen LogP contribution in [0.1, 0.15) is 54.4 Å². The van der Waals surface area contributed by atoms with Crippen LogP contribution in [-0.2, 0) is 6.42 Å². The van der Waals surface area contributed by atoms with Crippen LogP contribution in [0.4, 0.5) is 0 Å². The number of benzene rings is 3. The van der Waals surface area contributed by atoms with E-state index in [9.17, 15) is 0 Å². The van der Waals surface area contributed by atoms with Crippen molar-refractivity contribution in [1.82, 2.24) is 0 Å². The van der Waals surface area contributed by atoms with Crippen LogP contribution in [0.15, 0.2) is 72.8 Å².